The first kappa shape index (κ1) is 9.48. The highest BCUT2D eigenvalue weighted by atomic mass is 32.2. The van der Waals surface area contributed by atoms with E-state index in [-0.39, 0.29) is 0 Å². The number of nitrogens with zero attached hydrogens (tertiary/aromatic N) is 2. The normalized spacial score (nSPS) is 10.3. The molecule has 0 unspecified atom stereocenters. The molecule has 2 aromatic rings. The van der Waals surface area contributed by atoms with E-state index in [1.807, 2.05) is 23.8 Å². The molecule has 0 saturated heterocycles. The van der Waals surface area contributed by atoms with E-state index in [9.17, 15) is 0 Å². The van der Waals surface area contributed by atoms with E-state index in [0.29, 0.717) is 5.82 Å². The van der Waals surface area contributed by atoms with E-state index in [1.54, 1.807) is 29.3 Å². The minimum atomic E-state index is 0.562. The van der Waals surface area contributed by atoms with Crippen LogP contribution in [-0.4, -0.2) is 9.97 Å². The van der Waals surface area contributed by atoms with Crippen LogP contribution in [0.5, 0.6) is 0 Å². The van der Waals surface area contributed by atoms with Crippen molar-refractivity contribution < 1.29 is 0 Å². The van der Waals surface area contributed by atoms with Crippen LogP contribution in [0.2, 0.25) is 0 Å². The minimum absolute atomic E-state index is 0.562. The second-order valence-electron chi connectivity index (χ2n) is 2.68. The van der Waals surface area contributed by atoms with Crippen molar-refractivity contribution >= 4 is 28.9 Å². The molecule has 2 N–H and O–H groups in total. The molecule has 0 bridgehead atoms. The van der Waals surface area contributed by atoms with Gasteiger partial charge in [-0.05, 0) is 12.1 Å². The van der Waals surface area contributed by atoms with Crippen LogP contribution in [0, 0.1) is 0 Å². The standard InChI is InChI=1S/C9H9N3S2/c10-9-2-1-7(4-12-9)13-5-8-3-11-6-14-8/h1-4,6H,5H2,(H2,10,12). The lowest BCUT2D eigenvalue weighted by Gasteiger charge is -1.98. The Morgan fingerprint density at radius 2 is 2.29 bits per heavy atom. The van der Waals surface area contributed by atoms with Crippen molar-refractivity contribution in [3.05, 3.63) is 34.9 Å². The fraction of sp³-hybridized carbons (Fsp3) is 0.111. The summed E-state index contributed by atoms with van der Waals surface area (Å²) in [5, 5.41) is 0. The van der Waals surface area contributed by atoms with Crippen molar-refractivity contribution in [1.82, 2.24) is 9.97 Å². The molecule has 5 heteroatoms. The van der Waals surface area contributed by atoms with Gasteiger partial charge in [-0.3, -0.25) is 4.98 Å². The van der Waals surface area contributed by atoms with Crippen molar-refractivity contribution in [3.8, 4) is 0 Å². The van der Waals surface area contributed by atoms with Gasteiger partial charge in [-0.2, -0.15) is 0 Å². The summed E-state index contributed by atoms with van der Waals surface area (Å²) in [6, 6.07) is 3.79. The molecule has 0 spiro atoms. The lowest BCUT2D eigenvalue weighted by molar-refractivity contribution is 1.24. The number of hydrogen-bond acceptors (Lipinski definition) is 5. The summed E-state index contributed by atoms with van der Waals surface area (Å²) in [4.78, 5) is 10.4. The van der Waals surface area contributed by atoms with Gasteiger partial charge in [0, 0.05) is 27.9 Å². The van der Waals surface area contributed by atoms with Gasteiger partial charge in [0.15, 0.2) is 0 Å². The average molecular weight is 223 g/mol. The lowest BCUT2D eigenvalue weighted by atomic mass is 10.5. The predicted octanol–water partition coefficient (Wildman–Crippen LogP) is 2.41. The van der Waals surface area contributed by atoms with Gasteiger partial charge in [-0.15, -0.1) is 23.1 Å². The van der Waals surface area contributed by atoms with Crippen molar-refractivity contribution in [2.45, 2.75) is 10.6 Å². The highest BCUT2D eigenvalue weighted by Crippen LogP contribution is 2.23. The van der Waals surface area contributed by atoms with E-state index in [1.165, 1.54) is 4.88 Å². The van der Waals surface area contributed by atoms with Crippen LogP contribution >= 0.6 is 23.1 Å². The number of anilines is 1. The van der Waals surface area contributed by atoms with Crippen molar-refractivity contribution in [2.24, 2.45) is 0 Å². The molecule has 0 fully saturated rings. The van der Waals surface area contributed by atoms with Crippen LogP contribution in [-0.2, 0) is 5.75 Å². The van der Waals surface area contributed by atoms with Crippen molar-refractivity contribution in [3.63, 3.8) is 0 Å². The van der Waals surface area contributed by atoms with Gasteiger partial charge in [0.2, 0.25) is 0 Å². The SMILES string of the molecule is Nc1ccc(SCc2cncs2)cn1. The van der Waals surface area contributed by atoms with Crippen LogP contribution in [0.25, 0.3) is 0 Å². The molecule has 14 heavy (non-hydrogen) atoms. The summed E-state index contributed by atoms with van der Waals surface area (Å²) in [5.41, 5.74) is 7.33. The molecular weight excluding hydrogens is 214 g/mol. The van der Waals surface area contributed by atoms with Gasteiger partial charge in [0.25, 0.3) is 0 Å². The molecule has 2 aromatic heterocycles. The van der Waals surface area contributed by atoms with Crippen LogP contribution in [0.1, 0.15) is 4.88 Å². The molecule has 0 radical (unpaired) electrons. The van der Waals surface area contributed by atoms with Gasteiger partial charge in [-0.25, -0.2) is 4.98 Å². The number of nitrogen functional groups attached to an aromatic ring is 1. The first-order valence-electron chi connectivity index (χ1n) is 4.06. The Hall–Kier alpha value is -1.07. The summed E-state index contributed by atoms with van der Waals surface area (Å²) >= 11 is 3.41. The maximum Gasteiger partial charge on any atom is 0.123 e. The molecule has 72 valence electrons. The van der Waals surface area contributed by atoms with E-state index in [4.69, 9.17) is 5.73 Å². The summed E-state index contributed by atoms with van der Waals surface area (Å²) in [7, 11) is 0. The highest BCUT2D eigenvalue weighted by Gasteiger charge is 1.97. The van der Waals surface area contributed by atoms with E-state index in [0.717, 1.165) is 10.6 Å². The zero-order valence-corrected chi connectivity index (χ0v) is 9.02. The number of thioether (sulfide) groups is 1. The van der Waals surface area contributed by atoms with Gasteiger partial charge in [0.1, 0.15) is 5.82 Å². The number of nitrogens with two attached hydrogens (primary N) is 1. The monoisotopic (exact) mass is 223 g/mol. The fourth-order valence-electron chi connectivity index (χ4n) is 0.945. The summed E-state index contributed by atoms with van der Waals surface area (Å²) in [5.74, 6) is 1.50. The van der Waals surface area contributed by atoms with Gasteiger partial charge < -0.3 is 5.73 Å². The van der Waals surface area contributed by atoms with Crippen LogP contribution in [0.4, 0.5) is 5.82 Å². The smallest absolute Gasteiger partial charge is 0.123 e. The Kier molecular flexibility index (Phi) is 3.00. The Balaban J connectivity index is 1.95. The topological polar surface area (TPSA) is 51.8 Å². The largest absolute Gasteiger partial charge is 0.384 e. The number of hydrogen-bond donors (Lipinski definition) is 1. The molecule has 2 heterocycles. The second kappa shape index (κ2) is 4.43. The Morgan fingerprint density at radius 1 is 1.36 bits per heavy atom. The molecule has 3 nitrogen and oxygen atoms in total. The molecule has 0 amide bonds. The molecule has 0 aromatic carbocycles. The van der Waals surface area contributed by atoms with E-state index in [2.05, 4.69) is 9.97 Å². The van der Waals surface area contributed by atoms with Gasteiger partial charge >= 0.3 is 0 Å². The maximum absolute atomic E-state index is 5.49. The zero-order chi connectivity index (χ0) is 9.80. The van der Waals surface area contributed by atoms with E-state index >= 15 is 0 Å². The maximum atomic E-state index is 5.49. The number of thiazole rings is 1. The number of rotatable bonds is 3. The number of aromatic nitrogens is 2. The molecule has 0 aliphatic heterocycles. The van der Waals surface area contributed by atoms with Crippen molar-refractivity contribution in [2.75, 3.05) is 5.73 Å². The Morgan fingerprint density at radius 3 is 2.93 bits per heavy atom. The Labute approximate surface area is 90.4 Å². The minimum Gasteiger partial charge on any atom is -0.384 e. The lowest BCUT2D eigenvalue weighted by Crippen LogP contribution is -1.87. The molecular formula is C9H9N3S2. The molecule has 2 rings (SSSR count). The van der Waals surface area contributed by atoms with Gasteiger partial charge in [0.05, 0.1) is 5.51 Å². The summed E-state index contributed by atoms with van der Waals surface area (Å²) < 4.78 is 0. The van der Waals surface area contributed by atoms with Crippen molar-refractivity contribution in [1.29, 1.82) is 0 Å². The predicted molar refractivity (Wildman–Crippen MR) is 60.3 cm³/mol. The highest BCUT2D eigenvalue weighted by molar-refractivity contribution is 7.98. The zero-order valence-electron chi connectivity index (χ0n) is 7.38. The van der Waals surface area contributed by atoms with Crippen LogP contribution in [0.3, 0.4) is 0 Å². The number of pyridine rings is 1. The Bertz CT molecular complexity index is 383. The molecule has 0 saturated carbocycles. The molecule has 0 atom stereocenters. The van der Waals surface area contributed by atoms with Gasteiger partial charge in [-0.1, -0.05) is 0 Å². The molecule has 0 aliphatic rings. The van der Waals surface area contributed by atoms with E-state index < -0.39 is 0 Å². The third-order valence-corrected chi connectivity index (χ3v) is 3.62. The fourth-order valence-corrected chi connectivity index (χ4v) is 2.45. The average Bonchev–Trinajstić information content (AvgIpc) is 2.70. The second-order valence-corrected chi connectivity index (χ2v) is 4.69. The molecule has 0 aliphatic carbocycles. The van der Waals surface area contributed by atoms with Crippen LogP contribution < -0.4 is 5.73 Å². The first-order valence-corrected chi connectivity index (χ1v) is 5.93. The van der Waals surface area contributed by atoms with Crippen LogP contribution in [0.15, 0.2) is 34.9 Å². The quantitative estimate of drug-likeness (QED) is 0.812. The third-order valence-electron chi connectivity index (χ3n) is 1.62. The first-order chi connectivity index (χ1) is 6.84. The summed E-state index contributed by atoms with van der Waals surface area (Å²) in [6.07, 6.45) is 3.68. The summed E-state index contributed by atoms with van der Waals surface area (Å²) in [6.45, 7) is 0. The third kappa shape index (κ3) is 2.46.